The quantitative estimate of drug-likeness (QED) is 0.293. The molecule has 0 spiro atoms. The summed E-state index contributed by atoms with van der Waals surface area (Å²) >= 11 is 0. The standard InChI is InChI=1S/C10H14N4O2/c1-7(9(11)14-16)6-13-10(15)8-2-4-12-5-3-8/h2-5,7,16H,6H2,1H3,(H2,11,14)(H,13,15). The van der Waals surface area contributed by atoms with Gasteiger partial charge < -0.3 is 16.3 Å². The second-order valence-corrected chi connectivity index (χ2v) is 3.37. The van der Waals surface area contributed by atoms with E-state index in [1.54, 1.807) is 31.5 Å². The molecule has 6 heteroatoms. The van der Waals surface area contributed by atoms with Crippen LogP contribution in [0, 0.1) is 5.92 Å². The molecular weight excluding hydrogens is 208 g/mol. The molecule has 1 aromatic heterocycles. The molecular formula is C10H14N4O2. The molecule has 0 aliphatic carbocycles. The van der Waals surface area contributed by atoms with Gasteiger partial charge in [-0.2, -0.15) is 0 Å². The van der Waals surface area contributed by atoms with Crippen molar-refractivity contribution in [2.45, 2.75) is 6.92 Å². The average molecular weight is 222 g/mol. The van der Waals surface area contributed by atoms with Crippen LogP contribution in [0.15, 0.2) is 29.7 Å². The van der Waals surface area contributed by atoms with Crippen LogP contribution in [0.1, 0.15) is 17.3 Å². The smallest absolute Gasteiger partial charge is 0.251 e. The second kappa shape index (κ2) is 5.69. The lowest BCUT2D eigenvalue weighted by Gasteiger charge is -2.10. The van der Waals surface area contributed by atoms with Gasteiger partial charge in [0, 0.05) is 30.4 Å². The van der Waals surface area contributed by atoms with Crippen molar-refractivity contribution < 1.29 is 10.0 Å². The normalized spacial score (nSPS) is 13.2. The van der Waals surface area contributed by atoms with Gasteiger partial charge in [0.1, 0.15) is 5.84 Å². The minimum Gasteiger partial charge on any atom is -0.409 e. The first-order valence-corrected chi connectivity index (χ1v) is 4.80. The molecule has 1 atom stereocenters. The molecule has 1 amide bonds. The molecule has 0 fully saturated rings. The van der Waals surface area contributed by atoms with Gasteiger partial charge in [-0.05, 0) is 12.1 Å². The van der Waals surface area contributed by atoms with E-state index in [-0.39, 0.29) is 17.7 Å². The highest BCUT2D eigenvalue weighted by Gasteiger charge is 2.10. The van der Waals surface area contributed by atoms with Gasteiger partial charge in [0.15, 0.2) is 0 Å². The molecule has 6 nitrogen and oxygen atoms in total. The van der Waals surface area contributed by atoms with Crippen molar-refractivity contribution in [2.75, 3.05) is 6.54 Å². The molecule has 0 bridgehead atoms. The Morgan fingerprint density at radius 3 is 2.81 bits per heavy atom. The van der Waals surface area contributed by atoms with E-state index in [1.165, 1.54) is 0 Å². The van der Waals surface area contributed by atoms with E-state index in [9.17, 15) is 4.79 Å². The summed E-state index contributed by atoms with van der Waals surface area (Å²) in [5.41, 5.74) is 5.91. The summed E-state index contributed by atoms with van der Waals surface area (Å²) in [4.78, 5) is 15.4. The predicted molar refractivity (Wildman–Crippen MR) is 59.1 cm³/mol. The van der Waals surface area contributed by atoms with Crippen LogP contribution in [-0.2, 0) is 0 Å². The Bertz CT molecular complexity index is 378. The van der Waals surface area contributed by atoms with Crippen LogP contribution in [0.4, 0.5) is 0 Å². The number of hydrogen-bond donors (Lipinski definition) is 3. The molecule has 86 valence electrons. The Morgan fingerprint density at radius 2 is 2.25 bits per heavy atom. The van der Waals surface area contributed by atoms with E-state index in [1.807, 2.05) is 0 Å². The van der Waals surface area contributed by atoms with Crippen LogP contribution >= 0.6 is 0 Å². The highest BCUT2D eigenvalue weighted by Crippen LogP contribution is 1.97. The number of rotatable bonds is 4. The summed E-state index contributed by atoms with van der Waals surface area (Å²) in [6.45, 7) is 2.07. The molecule has 0 saturated heterocycles. The summed E-state index contributed by atoms with van der Waals surface area (Å²) in [6, 6.07) is 3.23. The van der Waals surface area contributed by atoms with Crippen LogP contribution in [0.2, 0.25) is 0 Å². The molecule has 0 radical (unpaired) electrons. The highest BCUT2D eigenvalue weighted by molar-refractivity contribution is 5.94. The van der Waals surface area contributed by atoms with Gasteiger partial charge in [-0.1, -0.05) is 12.1 Å². The minimum absolute atomic E-state index is 0.0926. The Labute approximate surface area is 93.2 Å². The fourth-order valence-electron chi connectivity index (χ4n) is 1.05. The minimum atomic E-state index is -0.212. The predicted octanol–water partition coefficient (Wildman–Crippen LogP) is 0.194. The molecule has 16 heavy (non-hydrogen) atoms. The number of nitrogens with zero attached hydrogens (tertiary/aromatic N) is 2. The van der Waals surface area contributed by atoms with Gasteiger partial charge in [0.25, 0.3) is 5.91 Å². The number of amidine groups is 1. The Morgan fingerprint density at radius 1 is 1.62 bits per heavy atom. The molecule has 1 aromatic rings. The number of nitrogens with one attached hydrogen (secondary N) is 1. The Hall–Kier alpha value is -2.11. The van der Waals surface area contributed by atoms with Crippen molar-refractivity contribution >= 4 is 11.7 Å². The number of aromatic nitrogens is 1. The number of oxime groups is 1. The van der Waals surface area contributed by atoms with Gasteiger partial charge in [-0.25, -0.2) is 0 Å². The summed E-state index contributed by atoms with van der Waals surface area (Å²) in [5, 5.41) is 14.0. The lowest BCUT2D eigenvalue weighted by molar-refractivity contribution is 0.0951. The summed E-state index contributed by atoms with van der Waals surface area (Å²) in [5.74, 6) is -0.328. The lowest BCUT2D eigenvalue weighted by Crippen LogP contribution is -2.34. The van der Waals surface area contributed by atoms with Crippen molar-refractivity contribution in [1.29, 1.82) is 0 Å². The highest BCUT2D eigenvalue weighted by atomic mass is 16.4. The zero-order valence-electron chi connectivity index (χ0n) is 8.92. The zero-order chi connectivity index (χ0) is 12.0. The van der Waals surface area contributed by atoms with E-state index in [0.717, 1.165) is 0 Å². The molecule has 0 aliphatic heterocycles. The third-order valence-electron chi connectivity index (χ3n) is 2.13. The summed E-state index contributed by atoms with van der Waals surface area (Å²) in [6.07, 6.45) is 3.09. The first kappa shape index (κ1) is 12.0. The zero-order valence-corrected chi connectivity index (χ0v) is 8.92. The second-order valence-electron chi connectivity index (χ2n) is 3.37. The van der Waals surface area contributed by atoms with E-state index >= 15 is 0 Å². The maximum Gasteiger partial charge on any atom is 0.251 e. The van der Waals surface area contributed by atoms with Crippen LogP contribution in [0.3, 0.4) is 0 Å². The van der Waals surface area contributed by atoms with Gasteiger partial charge in [0.2, 0.25) is 0 Å². The van der Waals surface area contributed by atoms with Gasteiger partial charge >= 0.3 is 0 Å². The van der Waals surface area contributed by atoms with Crippen LogP contribution < -0.4 is 11.1 Å². The van der Waals surface area contributed by atoms with E-state index in [4.69, 9.17) is 10.9 Å². The fraction of sp³-hybridized carbons (Fsp3) is 0.300. The molecule has 4 N–H and O–H groups in total. The Kier molecular flexibility index (Phi) is 4.26. The molecule has 1 heterocycles. The van der Waals surface area contributed by atoms with Crippen molar-refractivity contribution in [3.05, 3.63) is 30.1 Å². The van der Waals surface area contributed by atoms with E-state index < -0.39 is 0 Å². The molecule has 1 rings (SSSR count). The third-order valence-corrected chi connectivity index (χ3v) is 2.13. The maximum atomic E-state index is 11.6. The lowest BCUT2D eigenvalue weighted by atomic mass is 10.1. The van der Waals surface area contributed by atoms with Crippen molar-refractivity contribution in [3.63, 3.8) is 0 Å². The van der Waals surface area contributed by atoms with Crippen LogP contribution in [-0.4, -0.2) is 28.5 Å². The third kappa shape index (κ3) is 3.23. The van der Waals surface area contributed by atoms with E-state index in [0.29, 0.717) is 12.1 Å². The van der Waals surface area contributed by atoms with Crippen LogP contribution in [0.25, 0.3) is 0 Å². The molecule has 0 aliphatic rings. The topological polar surface area (TPSA) is 101 Å². The molecule has 1 unspecified atom stereocenters. The maximum absolute atomic E-state index is 11.6. The average Bonchev–Trinajstić information content (AvgIpc) is 2.35. The molecule has 0 saturated carbocycles. The number of carbonyl (C=O) groups excluding carboxylic acids is 1. The van der Waals surface area contributed by atoms with E-state index in [2.05, 4.69) is 15.5 Å². The number of amides is 1. The summed E-state index contributed by atoms with van der Waals surface area (Å²) < 4.78 is 0. The van der Waals surface area contributed by atoms with Crippen molar-refractivity contribution in [2.24, 2.45) is 16.8 Å². The first-order chi connectivity index (χ1) is 7.65. The van der Waals surface area contributed by atoms with Crippen LogP contribution in [0.5, 0.6) is 0 Å². The number of hydrogen-bond acceptors (Lipinski definition) is 4. The van der Waals surface area contributed by atoms with Crippen molar-refractivity contribution in [3.8, 4) is 0 Å². The number of nitrogens with two attached hydrogens (primary N) is 1. The summed E-state index contributed by atoms with van der Waals surface area (Å²) in [7, 11) is 0. The molecule has 0 aromatic carbocycles. The number of carbonyl (C=O) groups is 1. The number of pyridine rings is 1. The largest absolute Gasteiger partial charge is 0.409 e. The van der Waals surface area contributed by atoms with Crippen molar-refractivity contribution in [1.82, 2.24) is 10.3 Å². The first-order valence-electron chi connectivity index (χ1n) is 4.80. The van der Waals surface area contributed by atoms with Gasteiger partial charge in [-0.3, -0.25) is 9.78 Å². The SMILES string of the molecule is CC(CNC(=O)c1ccncc1)C(N)=NO. The Balaban J connectivity index is 2.48. The van der Waals surface area contributed by atoms with Gasteiger partial charge in [0.05, 0.1) is 0 Å². The van der Waals surface area contributed by atoms with Gasteiger partial charge in [-0.15, -0.1) is 0 Å². The monoisotopic (exact) mass is 222 g/mol. The fourth-order valence-corrected chi connectivity index (χ4v) is 1.05.